The molecule has 0 aromatic heterocycles. The predicted octanol–water partition coefficient (Wildman–Crippen LogP) is 2.41. The first-order chi connectivity index (χ1) is 13.0. The summed E-state index contributed by atoms with van der Waals surface area (Å²) in [5.41, 5.74) is 0. The van der Waals surface area contributed by atoms with Gasteiger partial charge in [-0.1, -0.05) is 38.5 Å². The van der Waals surface area contributed by atoms with Crippen LogP contribution in [0.1, 0.15) is 64.7 Å². The summed E-state index contributed by atoms with van der Waals surface area (Å²) in [7, 11) is -2.87. The van der Waals surface area contributed by atoms with E-state index in [0.717, 1.165) is 50.9 Å². The van der Waals surface area contributed by atoms with Crippen LogP contribution in [-0.4, -0.2) is 70.1 Å². The fourth-order valence-electron chi connectivity index (χ4n) is 4.14. The Balaban J connectivity index is 1.64. The van der Waals surface area contributed by atoms with E-state index >= 15 is 0 Å². The number of hydrogen-bond acceptors (Lipinski definition) is 4. The molecule has 2 fully saturated rings. The smallest absolute Gasteiger partial charge is 0.191 e. The van der Waals surface area contributed by atoms with E-state index in [1.165, 1.54) is 51.2 Å². The van der Waals surface area contributed by atoms with Crippen molar-refractivity contribution in [3.8, 4) is 0 Å². The molecule has 1 aliphatic carbocycles. The number of nitrogens with one attached hydrogen (secondary N) is 2. The topological polar surface area (TPSA) is 73.8 Å². The van der Waals surface area contributed by atoms with Gasteiger partial charge in [0.2, 0.25) is 0 Å². The van der Waals surface area contributed by atoms with Gasteiger partial charge in [-0.3, -0.25) is 4.99 Å². The number of nitrogens with zero attached hydrogens (tertiary/aromatic N) is 2. The fourth-order valence-corrected chi connectivity index (χ4v) is 4.73. The van der Waals surface area contributed by atoms with Crippen molar-refractivity contribution in [1.82, 2.24) is 15.5 Å². The Labute approximate surface area is 166 Å². The van der Waals surface area contributed by atoms with Crippen LogP contribution in [0.5, 0.6) is 0 Å². The van der Waals surface area contributed by atoms with Crippen LogP contribution >= 0.6 is 0 Å². The van der Waals surface area contributed by atoms with Crippen LogP contribution < -0.4 is 10.6 Å². The maximum absolute atomic E-state index is 11.3. The van der Waals surface area contributed by atoms with Gasteiger partial charge in [-0.15, -0.1) is 0 Å². The van der Waals surface area contributed by atoms with E-state index in [1.54, 1.807) is 0 Å². The molecule has 158 valence electrons. The number of likely N-dealkylation sites (tertiary alicyclic amines) is 1. The van der Waals surface area contributed by atoms with Crippen LogP contribution in [0, 0.1) is 5.92 Å². The molecule has 1 saturated carbocycles. The van der Waals surface area contributed by atoms with E-state index < -0.39 is 9.84 Å². The Bertz CT molecular complexity index is 536. The zero-order chi connectivity index (χ0) is 19.5. The SMILES string of the molecule is CCNC(=NCCCCC1CCCC1)NC1CCN(CCS(C)(=O)=O)CC1. The van der Waals surface area contributed by atoms with Gasteiger partial charge in [0, 0.05) is 45.0 Å². The van der Waals surface area contributed by atoms with Crippen molar-refractivity contribution in [3.63, 3.8) is 0 Å². The van der Waals surface area contributed by atoms with Gasteiger partial charge in [-0.2, -0.15) is 0 Å². The van der Waals surface area contributed by atoms with E-state index in [0.29, 0.717) is 12.6 Å². The van der Waals surface area contributed by atoms with Crippen LogP contribution in [0.4, 0.5) is 0 Å². The third-order valence-corrected chi connectivity index (χ3v) is 6.74. The zero-order valence-corrected chi connectivity index (χ0v) is 18.2. The third-order valence-electron chi connectivity index (χ3n) is 5.82. The Morgan fingerprint density at radius 2 is 1.81 bits per heavy atom. The molecule has 27 heavy (non-hydrogen) atoms. The van der Waals surface area contributed by atoms with Gasteiger partial charge in [0.25, 0.3) is 0 Å². The molecule has 0 bridgehead atoms. The molecule has 1 aliphatic heterocycles. The second-order valence-corrected chi connectivity index (χ2v) is 10.6. The maximum atomic E-state index is 11.3. The monoisotopic (exact) mass is 400 g/mol. The average molecular weight is 401 g/mol. The summed E-state index contributed by atoms with van der Waals surface area (Å²) in [4.78, 5) is 7.02. The summed E-state index contributed by atoms with van der Waals surface area (Å²) in [5, 5.41) is 6.94. The highest BCUT2D eigenvalue weighted by molar-refractivity contribution is 7.90. The zero-order valence-electron chi connectivity index (χ0n) is 17.4. The Hall–Kier alpha value is -0.820. The van der Waals surface area contributed by atoms with E-state index in [-0.39, 0.29) is 5.75 Å². The molecular formula is C20H40N4O2S. The number of unbranched alkanes of at least 4 members (excludes halogenated alkanes) is 1. The molecule has 1 heterocycles. The third kappa shape index (κ3) is 9.79. The van der Waals surface area contributed by atoms with E-state index in [9.17, 15) is 8.42 Å². The van der Waals surface area contributed by atoms with Gasteiger partial charge in [-0.25, -0.2) is 8.42 Å². The Morgan fingerprint density at radius 1 is 1.11 bits per heavy atom. The summed E-state index contributed by atoms with van der Waals surface area (Å²) >= 11 is 0. The highest BCUT2D eigenvalue weighted by Crippen LogP contribution is 2.28. The van der Waals surface area contributed by atoms with Crippen LogP contribution in [0.2, 0.25) is 0 Å². The average Bonchev–Trinajstić information content (AvgIpc) is 3.14. The minimum absolute atomic E-state index is 0.260. The molecule has 7 heteroatoms. The highest BCUT2D eigenvalue weighted by atomic mass is 32.2. The molecule has 1 saturated heterocycles. The molecule has 2 rings (SSSR count). The lowest BCUT2D eigenvalue weighted by molar-refractivity contribution is 0.216. The van der Waals surface area contributed by atoms with Gasteiger partial charge < -0.3 is 15.5 Å². The molecule has 0 atom stereocenters. The minimum atomic E-state index is -2.87. The van der Waals surface area contributed by atoms with E-state index in [2.05, 4.69) is 22.5 Å². The van der Waals surface area contributed by atoms with Gasteiger partial charge in [-0.05, 0) is 32.1 Å². The molecule has 0 amide bonds. The number of sulfone groups is 1. The van der Waals surface area contributed by atoms with Crippen LogP contribution in [0.15, 0.2) is 4.99 Å². The first-order valence-electron chi connectivity index (χ1n) is 10.9. The van der Waals surface area contributed by atoms with Crippen molar-refractivity contribution in [1.29, 1.82) is 0 Å². The summed E-state index contributed by atoms with van der Waals surface area (Å²) in [6.07, 6.45) is 13.0. The quantitative estimate of drug-likeness (QED) is 0.335. The molecule has 0 aromatic carbocycles. The first kappa shape index (κ1) is 22.5. The number of guanidine groups is 1. The number of hydrogen-bond donors (Lipinski definition) is 2. The van der Waals surface area contributed by atoms with Crippen molar-refractivity contribution in [3.05, 3.63) is 0 Å². The second-order valence-electron chi connectivity index (χ2n) is 8.30. The normalized spacial score (nSPS) is 20.9. The Kier molecular flexibility index (Phi) is 9.90. The van der Waals surface area contributed by atoms with E-state index in [4.69, 9.17) is 4.99 Å². The molecule has 0 aromatic rings. The molecule has 0 spiro atoms. The molecule has 2 N–H and O–H groups in total. The second kappa shape index (κ2) is 11.9. The summed E-state index contributed by atoms with van der Waals surface area (Å²) in [6, 6.07) is 0.427. The molecule has 6 nitrogen and oxygen atoms in total. The summed E-state index contributed by atoms with van der Waals surface area (Å²) < 4.78 is 22.6. The molecule has 0 unspecified atom stereocenters. The van der Waals surface area contributed by atoms with Gasteiger partial charge in [0.15, 0.2) is 5.96 Å². The molecular weight excluding hydrogens is 360 g/mol. The first-order valence-corrected chi connectivity index (χ1v) is 13.0. The molecule has 2 aliphatic rings. The van der Waals surface area contributed by atoms with E-state index in [1.807, 2.05) is 0 Å². The molecule has 0 radical (unpaired) electrons. The van der Waals surface area contributed by atoms with Gasteiger partial charge in [0.1, 0.15) is 9.84 Å². The Morgan fingerprint density at radius 3 is 2.44 bits per heavy atom. The lowest BCUT2D eigenvalue weighted by Crippen LogP contribution is -2.49. The van der Waals surface area contributed by atoms with Crippen molar-refractivity contribution in [2.24, 2.45) is 10.9 Å². The van der Waals surface area contributed by atoms with Crippen molar-refractivity contribution in [2.75, 3.05) is 44.7 Å². The highest BCUT2D eigenvalue weighted by Gasteiger charge is 2.20. The van der Waals surface area contributed by atoms with Crippen molar-refractivity contribution < 1.29 is 8.42 Å². The van der Waals surface area contributed by atoms with Gasteiger partial charge in [0.05, 0.1) is 5.75 Å². The van der Waals surface area contributed by atoms with Crippen molar-refractivity contribution in [2.45, 2.75) is 70.8 Å². The van der Waals surface area contributed by atoms with Crippen LogP contribution in [-0.2, 0) is 9.84 Å². The van der Waals surface area contributed by atoms with Gasteiger partial charge >= 0.3 is 0 Å². The number of rotatable bonds is 10. The lowest BCUT2D eigenvalue weighted by Gasteiger charge is -2.32. The number of piperidine rings is 1. The maximum Gasteiger partial charge on any atom is 0.191 e. The fraction of sp³-hybridized carbons (Fsp3) is 0.950. The number of aliphatic imine (C=N–C) groups is 1. The van der Waals surface area contributed by atoms with Crippen LogP contribution in [0.25, 0.3) is 0 Å². The van der Waals surface area contributed by atoms with Crippen molar-refractivity contribution >= 4 is 15.8 Å². The summed E-state index contributed by atoms with van der Waals surface area (Å²) in [5.74, 6) is 2.18. The standard InChI is InChI=1S/C20H40N4O2S/c1-3-21-20(22-13-7-6-10-18-8-4-5-9-18)23-19-11-14-24(15-12-19)16-17-27(2,25)26/h18-19H,3-17H2,1-2H3,(H2,21,22,23). The predicted molar refractivity (Wildman–Crippen MR) is 114 cm³/mol. The lowest BCUT2D eigenvalue weighted by atomic mass is 10.0. The summed E-state index contributed by atoms with van der Waals surface area (Å²) in [6.45, 7) is 6.43. The largest absolute Gasteiger partial charge is 0.357 e. The minimum Gasteiger partial charge on any atom is -0.357 e. The van der Waals surface area contributed by atoms with Crippen LogP contribution in [0.3, 0.4) is 0 Å².